The van der Waals surface area contributed by atoms with Crippen LogP contribution in [0.3, 0.4) is 0 Å². The zero-order chi connectivity index (χ0) is 15.7. The van der Waals surface area contributed by atoms with Gasteiger partial charge < -0.3 is 14.3 Å². The van der Waals surface area contributed by atoms with E-state index in [1.54, 1.807) is 11.2 Å². The minimum atomic E-state index is 0.0351. The number of nitrogens with one attached hydrogen (secondary N) is 1. The van der Waals surface area contributed by atoms with Crippen molar-refractivity contribution in [3.05, 3.63) is 41.4 Å². The van der Waals surface area contributed by atoms with E-state index in [9.17, 15) is 4.79 Å². The number of aryl methyl sites for hydroxylation is 1. The zero-order valence-corrected chi connectivity index (χ0v) is 13.4. The number of H-pyrrole nitrogens is 1. The second kappa shape index (κ2) is 5.99. The fourth-order valence-corrected chi connectivity index (χ4v) is 3.01. The summed E-state index contributed by atoms with van der Waals surface area (Å²) < 4.78 is 5.32. The first-order valence-corrected chi connectivity index (χ1v) is 7.89. The summed E-state index contributed by atoms with van der Waals surface area (Å²) in [5.41, 5.74) is 2.28. The third kappa shape index (κ3) is 2.93. The van der Waals surface area contributed by atoms with Crippen LogP contribution in [0, 0.1) is 5.92 Å². The van der Waals surface area contributed by atoms with Crippen LogP contribution in [-0.2, 0) is 24.2 Å². The maximum Gasteiger partial charge on any atom is 0.226 e. The average Bonchev–Trinajstić information content (AvgIpc) is 3.14. The van der Waals surface area contributed by atoms with Gasteiger partial charge in [0.1, 0.15) is 11.6 Å². The monoisotopic (exact) mass is 301 g/mol. The van der Waals surface area contributed by atoms with Crippen molar-refractivity contribution in [1.29, 1.82) is 0 Å². The highest BCUT2D eigenvalue weighted by Gasteiger charge is 2.29. The van der Waals surface area contributed by atoms with E-state index < -0.39 is 0 Å². The molecule has 1 atom stereocenters. The van der Waals surface area contributed by atoms with E-state index in [4.69, 9.17) is 4.42 Å². The van der Waals surface area contributed by atoms with E-state index in [-0.39, 0.29) is 11.8 Å². The third-order valence-corrected chi connectivity index (χ3v) is 4.31. The van der Waals surface area contributed by atoms with Crippen molar-refractivity contribution in [2.75, 3.05) is 7.05 Å². The lowest BCUT2D eigenvalue weighted by molar-refractivity contribution is -0.135. The van der Waals surface area contributed by atoms with Gasteiger partial charge in [-0.2, -0.15) is 0 Å². The van der Waals surface area contributed by atoms with Crippen molar-refractivity contribution in [2.45, 2.75) is 45.6 Å². The van der Waals surface area contributed by atoms with E-state index in [0.717, 1.165) is 42.2 Å². The predicted octanol–water partition coefficient (Wildman–Crippen LogP) is 2.89. The Hall–Kier alpha value is -2.04. The average molecular weight is 301 g/mol. The van der Waals surface area contributed by atoms with Crippen molar-refractivity contribution in [3.8, 4) is 0 Å². The molecule has 0 radical (unpaired) electrons. The number of imidazole rings is 1. The van der Waals surface area contributed by atoms with Gasteiger partial charge in [-0.3, -0.25) is 4.79 Å². The second-order valence-corrected chi connectivity index (χ2v) is 6.42. The van der Waals surface area contributed by atoms with E-state index in [1.165, 1.54) is 0 Å². The number of aromatic amines is 1. The topological polar surface area (TPSA) is 62.1 Å². The number of nitrogens with zero attached hydrogens (tertiary/aromatic N) is 2. The van der Waals surface area contributed by atoms with Gasteiger partial charge >= 0.3 is 0 Å². The first kappa shape index (κ1) is 14.9. The summed E-state index contributed by atoms with van der Waals surface area (Å²) in [7, 11) is 1.84. The molecular formula is C17H23N3O2. The lowest BCUT2D eigenvalue weighted by Gasteiger charge is -2.25. The summed E-state index contributed by atoms with van der Waals surface area (Å²) in [6, 6.07) is 3.74. The van der Waals surface area contributed by atoms with E-state index in [1.807, 2.05) is 19.2 Å². The lowest BCUT2D eigenvalue weighted by Crippen LogP contribution is -2.35. The minimum absolute atomic E-state index is 0.0351. The first-order chi connectivity index (χ1) is 10.5. The number of fused-ring (bicyclic) bond motifs is 1. The molecule has 0 fully saturated rings. The van der Waals surface area contributed by atoms with E-state index >= 15 is 0 Å². The highest BCUT2D eigenvalue weighted by atomic mass is 16.3. The van der Waals surface area contributed by atoms with Gasteiger partial charge in [-0.25, -0.2) is 4.98 Å². The molecule has 0 saturated carbocycles. The Balaban J connectivity index is 1.66. The van der Waals surface area contributed by atoms with Crippen molar-refractivity contribution in [3.63, 3.8) is 0 Å². The predicted molar refractivity (Wildman–Crippen MR) is 83.4 cm³/mol. The van der Waals surface area contributed by atoms with Crippen molar-refractivity contribution >= 4 is 5.91 Å². The van der Waals surface area contributed by atoms with Gasteiger partial charge in [0, 0.05) is 31.0 Å². The molecule has 1 aliphatic rings. The van der Waals surface area contributed by atoms with Gasteiger partial charge in [0.2, 0.25) is 5.91 Å². The molecule has 3 rings (SSSR count). The minimum Gasteiger partial charge on any atom is -0.467 e. The Morgan fingerprint density at radius 3 is 3.05 bits per heavy atom. The number of carbonyl (C=O) groups excluding carboxylic acids is 1. The molecule has 0 aliphatic heterocycles. The molecule has 0 saturated heterocycles. The molecule has 0 aromatic carbocycles. The Morgan fingerprint density at radius 1 is 1.55 bits per heavy atom. The molecule has 2 heterocycles. The molecule has 1 N–H and O–H groups in total. The Morgan fingerprint density at radius 2 is 2.36 bits per heavy atom. The molecule has 1 aliphatic carbocycles. The van der Waals surface area contributed by atoms with Gasteiger partial charge in [-0.05, 0) is 25.0 Å². The summed E-state index contributed by atoms with van der Waals surface area (Å²) >= 11 is 0. The third-order valence-electron chi connectivity index (χ3n) is 4.31. The van der Waals surface area contributed by atoms with Gasteiger partial charge in [0.05, 0.1) is 18.5 Å². The molecule has 2 aromatic rings. The number of rotatable bonds is 4. The fraction of sp³-hybridized carbons (Fsp3) is 0.529. The van der Waals surface area contributed by atoms with Gasteiger partial charge in [0.15, 0.2) is 0 Å². The summed E-state index contributed by atoms with van der Waals surface area (Å²) in [6.45, 7) is 4.78. The van der Waals surface area contributed by atoms with Crippen LogP contribution >= 0.6 is 0 Å². The van der Waals surface area contributed by atoms with Crippen molar-refractivity contribution in [1.82, 2.24) is 14.9 Å². The summed E-state index contributed by atoms with van der Waals surface area (Å²) in [6.07, 6.45) is 4.15. The van der Waals surface area contributed by atoms with Crippen LogP contribution in [0.15, 0.2) is 22.8 Å². The fourth-order valence-electron chi connectivity index (χ4n) is 3.01. The number of furan rings is 1. The van der Waals surface area contributed by atoms with Crippen molar-refractivity contribution < 1.29 is 9.21 Å². The molecule has 0 bridgehead atoms. The van der Waals surface area contributed by atoms with Crippen LogP contribution in [0.5, 0.6) is 0 Å². The first-order valence-electron chi connectivity index (χ1n) is 7.89. The quantitative estimate of drug-likeness (QED) is 0.944. The highest BCUT2D eigenvalue weighted by Crippen LogP contribution is 2.27. The normalized spacial score (nSPS) is 17.5. The van der Waals surface area contributed by atoms with Crippen LogP contribution in [-0.4, -0.2) is 27.8 Å². The molecule has 1 amide bonds. The molecule has 0 spiro atoms. The number of hydrogen-bond donors (Lipinski definition) is 1. The maximum atomic E-state index is 12.6. The SMILES string of the molecule is CC(C)c1nc2c([nH]1)CC(C(=O)N(C)Cc1ccco1)CC2. The molecule has 118 valence electrons. The number of aromatic nitrogens is 2. The summed E-state index contributed by atoms with van der Waals surface area (Å²) in [5, 5.41) is 0. The standard InChI is InChI=1S/C17H23N3O2/c1-11(2)16-18-14-7-6-12(9-15(14)19-16)17(21)20(3)10-13-5-4-8-22-13/h4-5,8,11-12H,6-7,9-10H2,1-3H3,(H,18,19). The number of amides is 1. The number of hydrogen-bond acceptors (Lipinski definition) is 3. The van der Waals surface area contributed by atoms with Crippen LogP contribution in [0.4, 0.5) is 0 Å². The smallest absolute Gasteiger partial charge is 0.226 e. The molecule has 5 heteroatoms. The maximum absolute atomic E-state index is 12.6. The van der Waals surface area contributed by atoms with Crippen molar-refractivity contribution in [2.24, 2.45) is 5.92 Å². The molecule has 22 heavy (non-hydrogen) atoms. The van der Waals surface area contributed by atoms with E-state index in [2.05, 4.69) is 23.8 Å². The van der Waals surface area contributed by atoms with Crippen LogP contribution in [0.25, 0.3) is 0 Å². The Kier molecular flexibility index (Phi) is 4.05. The van der Waals surface area contributed by atoms with Crippen LogP contribution in [0.2, 0.25) is 0 Å². The molecule has 2 aromatic heterocycles. The highest BCUT2D eigenvalue weighted by molar-refractivity contribution is 5.79. The molecule has 5 nitrogen and oxygen atoms in total. The number of carbonyl (C=O) groups is 1. The Labute approximate surface area is 130 Å². The second-order valence-electron chi connectivity index (χ2n) is 6.42. The lowest BCUT2D eigenvalue weighted by atomic mass is 9.89. The summed E-state index contributed by atoms with van der Waals surface area (Å²) in [5.74, 6) is 2.45. The summed E-state index contributed by atoms with van der Waals surface area (Å²) in [4.78, 5) is 22.4. The van der Waals surface area contributed by atoms with Gasteiger partial charge in [0.25, 0.3) is 0 Å². The van der Waals surface area contributed by atoms with Crippen LogP contribution in [0.1, 0.15) is 49.2 Å². The molecule has 1 unspecified atom stereocenters. The van der Waals surface area contributed by atoms with Gasteiger partial charge in [-0.1, -0.05) is 13.8 Å². The largest absolute Gasteiger partial charge is 0.467 e. The Bertz CT molecular complexity index is 643. The zero-order valence-electron chi connectivity index (χ0n) is 13.4. The van der Waals surface area contributed by atoms with Gasteiger partial charge in [-0.15, -0.1) is 0 Å². The molecular weight excluding hydrogens is 278 g/mol. The van der Waals surface area contributed by atoms with Crippen LogP contribution < -0.4 is 0 Å². The van der Waals surface area contributed by atoms with E-state index in [0.29, 0.717) is 12.5 Å².